The topological polar surface area (TPSA) is 109 Å². The van der Waals surface area contributed by atoms with Crippen molar-refractivity contribution in [1.82, 2.24) is 15.0 Å². The van der Waals surface area contributed by atoms with Gasteiger partial charge in [-0.3, -0.25) is 9.71 Å². The average Bonchev–Trinajstić information content (AvgIpc) is 2.89. The fraction of sp³-hybridized carbons (Fsp3) is 0.160. The van der Waals surface area contributed by atoms with Gasteiger partial charge in [-0.25, -0.2) is 18.4 Å². The lowest BCUT2D eigenvalue weighted by atomic mass is 10.1. The highest BCUT2D eigenvalue weighted by atomic mass is 32.2. The summed E-state index contributed by atoms with van der Waals surface area (Å²) in [6, 6.07) is 17.1. The van der Waals surface area contributed by atoms with E-state index in [4.69, 9.17) is 9.72 Å². The van der Waals surface area contributed by atoms with E-state index < -0.39 is 10.0 Å². The van der Waals surface area contributed by atoms with Gasteiger partial charge in [-0.1, -0.05) is 24.8 Å². The number of ether oxygens (including phenoxy) is 1. The van der Waals surface area contributed by atoms with Gasteiger partial charge in [0.2, 0.25) is 5.95 Å². The maximum Gasteiger partial charge on any atom is 0.254 e. The molecule has 178 valence electrons. The smallest absolute Gasteiger partial charge is 0.254 e. The molecule has 0 saturated carbocycles. The van der Waals surface area contributed by atoms with Crippen LogP contribution in [0.2, 0.25) is 0 Å². The molecule has 2 aromatic carbocycles. The molecule has 0 spiro atoms. The SMILES string of the molecule is C=CS(=O)(=O)Nc1ccnc(-c2cccc3cnc(Nc4ccc(N5CCOCC5)cc4)nc23)c1. The Bertz CT molecular complexity index is 1470. The van der Waals surface area contributed by atoms with Gasteiger partial charge in [0, 0.05) is 53.2 Å². The number of benzene rings is 2. The van der Waals surface area contributed by atoms with E-state index in [2.05, 4.69) is 43.6 Å². The molecule has 1 fully saturated rings. The molecule has 2 aromatic heterocycles. The van der Waals surface area contributed by atoms with Crippen LogP contribution in [-0.4, -0.2) is 49.7 Å². The van der Waals surface area contributed by atoms with E-state index in [0.717, 1.165) is 54.0 Å². The minimum Gasteiger partial charge on any atom is -0.378 e. The van der Waals surface area contributed by atoms with E-state index in [9.17, 15) is 8.42 Å². The van der Waals surface area contributed by atoms with Crippen LogP contribution in [-0.2, 0) is 14.8 Å². The predicted molar refractivity (Wildman–Crippen MR) is 138 cm³/mol. The van der Waals surface area contributed by atoms with Crippen LogP contribution in [0.5, 0.6) is 0 Å². The summed E-state index contributed by atoms with van der Waals surface area (Å²) in [5.41, 5.74) is 4.46. The number of aromatic nitrogens is 3. The quantitative estimate of drug-likeness (QED) is 0.399. The summed E-state index contributed by atoms with van der Waals surface area (Å²) in [5.74, 6) is 0.451. The minimum absolute atomic E-state index is 0.389. The van der Waals surface area contributed by atoms with Crippen molar-refractivity contribution in [2.24, 2.45) is 0 Å². The summed E-state index contributed by atoms with van der Waals surface area (Å²) >= 11 is 0. The molecule has 1 aliphatic rings. The summed E-state index contributed by atoms with van der Waals surface area (Å²) in [4.78, 5) is 15.9. The molecule has 0 amide bonds. The molecule has 9 nitrogen and oxygen atoms in total. The molecule has 0 bridgehead atoms. The fourth-order valence-corrected chi connectivity index (χ4v) is 4.42. The van der Waals surface area contributed by atoms with Gasteiger partial charge in [0.25, 0.3) is 10.0 Å². The molecule has 2 N–H and O–H groups in total. The Morgan fingerprint density at radius 1 is 1.00 bits per heavy atom. The van der Waals surface area contributed by atoms with E-state index in [1.165, 1.54) is 0 Å². The van der Waals surface area contributed by atoms with Crippen LogP contribution in [0.3, 0.4) is 0 Å². The van der Waals surface area contributed by atoms with E-state index in [1.807, 2.05) is 30.3 Å². The van der Waals surface area contributed by atoms with Gasteiger partial charge < -0.3 is 15.0 Å². The fourth-order valence-electron chi connectivity index (χ4n) is 3.88. The third-order valence-electron chi connectivity index (χ3n) is 5.63. The molecule has 4 aromatic rings. The second-order valence-electron chi connectivity index (χ2n) is 7.95. The van der Waals surface area contributed by atoms with Crippen molar-refractivity contribution < 1.29 is 13.2 Å². The maximum absolute atomic E-state index is 11.9. The van der Waals surface area contributed by atoms with E-state index in [0.29, 0.717) is 22.8 Å². The van der Waals surface area contributed by atoms with Gasteiger partial charge in [-0.05, 0) is 36.4 Å². The lowest BCUT2D eigenvalue weighted by Gasteiger charge is -2.28. The van der Waals surface area contributed by atoms with Crippen LogP contribution in [0.25, 0.3) is 22.2 Å². The van der Waals surface area contributed by atoms with E-state index in [1.54, 1.807) is 24.5 Å². The largest absolute Gasteiger partial charge is 0.378 e. The third-order valence-corrected chi connectivity index (χ3v) is 6.59. The van der Waals surface area contributed by atoms with Crippen LogP contribution in [0.15, 0.2) is 79.0 Å². The van der Waals surface area contributed by atoms with Crippen molar-refractivity contribution in [2.45, 2.75) is 0 Å². The number of hydrogen-bond acceptors (Lipinski definition) is 8. The number of fused-ring (bicyclic) bond motifs is 1. The zero-order valence-electron chi connectivity index (χ0n) is 18.9. The number of morpholine rings is 1. The van der Waals surface area contributed by atoms with Gasteiger partial charge in [-0.15, -0.1) is 0 Å². The molecule has 10 heteroatoms. The molecule has 0 radical (unpaired) electrons. The normalized spacial score (nSPS) is 14.0. The number of nitrogens with zero attached hydrogens (tertiary/aromatic N) is 4. The van der Waals surface area contributed by atoms with Crippen LogP contribution in [0, 0.1) is 0 Å². The molecule has 0 unspecified atom stereocenters. The molecule has 35 heavy (non-hydrogen) atoms. The van der Waals surface area contributed by atoms with Gasteiger partial charge in [-0.2, -0.15) is 0 Å². The standard InChI is InChI=1S/C25H24N6O3S/c1-2-35(32,33)30-20-10-11-26-23(16-20)22-5-3-4-18-17-27-25(29-24(18)22)28-19-6-8-21(9-7-19)31-12-14-34-15-13-31/h2-11,16-17H,1,12-15H2,(H,26,30)(H,27,28,29). The minimum atomic E-state index is -3.62. The molecule has 3 heterocycles. The third kappa shape index (κ3) is 5.23. The lowest BCUT2D eigenvalue weighted by Crippen LogP contribution is -2.36. The highest BCUT2D eigenvalue weighted by molar-refractivity contribution is 7.95. The Morgan fingerprint density at radius 2 is 1.80 bits per heavy atom. The van der Waals surface area contributed by atoms with Gasteiger partial charge in [0.05, 0.1) is 30.1 Å². The van der Waals surface area contributed by atoms with E-state index in [-0.39, 0.29) is 0 Å². The van der Waals surface area contributed by atoms with Gasteiger partial charge in [0.1, 0.15) is 0 Å². The Hall–Kier alpha value is -4.02. The van der Waals surface area contributed by atoms with Crippen LogP contribution in [0.1, 0.15) is 0 Å². The first-order valence-corrected chi connectivity index (χ1v) is 12.6. The summed E-state index contributed by atoms with van der Waals surface area (Å²) in [6.45, 7) is 6.57. The average molecular weight is 489 g/mol. The monoisotopic (exact) mass is 488 g/mol. The van der Waals surface area contributed by atoms with Gasteiger partial charge in [0.15, 0.2) is 0 Å². The first-order chi connectivity index (χ1) is 17.0. The molecule has 0 aliphatic carbocycles. The Morgan fingerprint density at radius 3 is 2.57 bits per heavy atom. The number of nitrogens with one attached hydrogen (secondary N) is 2. The predicted octanol–water partition coefficient (Wildman–Crippen LogP) is 4.16. The van der Waals surface area contributed by atoms with Gasteiger partial charge >= 0.3 is 0 Å². The first-order valence-electron chi connectivity index (χ1n) is 11.1. The van der Waals surface area contributed by atoms with E-state index >= 15 is 0 Å². The van der Waals surface area contributed by atoms with Crippen molar-refractivity contribution in [2.75, 3.05) is 41.2 Å². The Balaban J connectivity index is 1.42. The summed E-state index contributed by atoms with van der Waals surface area (Å²) in [6.07, 6.45) is 3.30. The summed E-state index contributed by atoms with van der Waals surface area (Å²) in [7, 11) is -3.62. The molecule has 5 rings (SSSR count). The lowest BCUT2D eigenvalue weighted by molar-refractivity contribution is 0.122. The molecular weight excluding hydrogens is 464 g/mol. The Labute approximate surface area is 203 Å². The van der Waals surface area contributed by atoms with Crippen LogP contribution in [0.4, 0.5) is 23.0 Å². The Kier molecular flexibility index (Phi) is 6.30. The molecule has 1 aliphatic heterocycles. The number of hydrogen-bond donors (Lipinski definition) is 2. The highest BCUT2D eigenvalue weighted by Crippen LogP contribution is 2.29. The number of pyridine rings is 1. The number of para-hydroxylation sites is 1. The van der Waals surface area contributed by atoms with Crippen LogP contribution < -0.4 is 14.9 Å². The van der Waals surface area contributed by atoms with Crippen molar-refractivity contribution in [1.29, 1.82) is 0 Å². The second-order valence-corrected chi connectivity index (χ2v) is 9.58. The van der Waals surface area contributed by atoms with Crippen molar-refractivity contribution >= 4 is 43.9 Å². The van der Waals surface area contributed by atoms with Crippen molar-refractivity contribution in [3.8, 4) is 11.3 Å². The molecular formula is C25H24N6O3S. The summed E-state index contributed by atoms with van der Waals surface area (Å²) < 4.78 is 31.6. The van der Waals surface area contributed by atoms with Crippen molar-refractivity contribution in [3.05, 3.63) is 79.0 Å². The van der Waals surface area contributed by atoms with Crippen molar-refractivity contribution in [3.63, 3.8) is 0 Å². The highest BCUT2D eigenvalue weighted by Gasteiger charge is 2.13. The summed E-state index contributed by atoms with van der Waals surface area (Å²) in [5, 5.41) is 4.97. The molecule has 1 saturated heterocycles. The number of sulfonamides is 1. The van der Waals surface area contributed by atoms with Crippen LogP contribution >= 0.6 is 0 Å². The maximum atomic E-state index is 11.9. The molecule has 0 atom stereocenters. The first kappa shape index (κ1) is 22.8. The number of anilines is 4. The second kappa shape index (κ2) is 9.69. The zero-order chi connectivity index (χ0) is 24.3. The number of rotatable bonds is 7. The zero-order valence-corrected chi connectivity index (χ0v) is 19.7.